The molecule has 1 aliphatic heterocycles. The second kappa shape index (κ2) is 7.57. The van der Waals surface area contributed by atoms with Crippen molar-refractivity contribution in [3.8, 4) is 0 Å². The Morgan fingerprint density at radius 1 is 1.21 bits per heavy atom. The van der Waals surface area contributed by atoms with Crippen molar-refractivity contribution in [3.63, 3.8) is 0 Å². The van der Waals surface area contributed by atoms with E-state index in [2.05, 4.69) is 32.3 Å². The smallest absolute Gasteiger partial charge is 0.227 e. The van der Waals surface area contributed by atoms with Crippen LogP contribution in [0.15, 0.2) is 4.52 Å². The number of likely N-dealkylation sites (N-methyl/N-ethyl adjacent to an activating group) is 1. The van der Waals surface area contributed by atoms with Crippen LogP contribution in [0, 0.1) is 0 Å². The van der Waals surface area contributed by atoms with Gasteiger partial charge in [-0.3, -0.25) is 0 Å². The molecular weight excluding hydrogens is 242 g/mol. The molecule has 1 fully saturated rings. The van der Waals surface area contributed by atoms with Crippen LogP contribution in [-0.4, -0.2) is 73.3 Å². The molecule has 6 heteroatoms. The summed E-state index contributed by atoms with van der Waals surface area (Å²) < 4.78 is 5.29. The zero-order chi connectivity index (χ0) is 13.5. The van der Waals surface area contributed by atoms with E-state index in [1.165, 1.54) is 0 Å². The third kappa shape index (κ3) is 4.89. The highest BCUT2D eigenvalue weighted by atomic mass is 16.5. The number of nitrogens with one attached hydrogen (secondary N) is 1. The van der Waals surface area contributed by atoms with Crippen molar-refractivity contribution in [2.24, 2.45) is 0 Å². The highest BCUT2D eigenvalue weighted by Gasteiger charge is 2.14. The SMILES string of the molecule is CNCCCc1noc(CCN2CCN(C)CC2)n1. The van der Waals surface area contributed by atoms with Crippen LogP contribution in [0.4, 0.5) is 0 Å². The minimum absolute atomic E-state index is 0.776. The molecule has 19 heavy (non-hydrogen) atoms. The van der Waals surface area contributed by atoms with Gasteiger partial charge in [-0.1, -0.05) is 5.16 Å². The van der Waals surface area contributed by atoms with Gasteiger partial charge in [0.1, 0.15) is 0 Å². The topological polar surface area (TPSA) is 57.4 Å². The van der Waals surface area contributed by atoms with Crippen molar-refractivity contribution >= 4 is 0 Å². The van der Waals surface area contributed by atoms with Gasteiger partial charge in [-0.25, -0.2) is 0 Å². The summed E-state index contributed by atoms with van der Waals surface area (Å²) in [5, 5.41) is 7.14. The first-order valence-corrected chi connectivity index (χ1v) is 7.15. The maximum Gasteiger partial charge on any atom is 0.227 e. The molecule has 0 amide bonds. The minimum Gasteiger partial charge on any atom is -0.339 e. The van der Waals surface area contributed by atoms with Gasteiger partial charge in [0, 0.05) is 45.6 Å². The van der Waals surface area contributed by atoms with Crippen molar-refractivity contribution in [1.29, 1.82) is 0 Å². The number of aromatic nitrogens is 2. The molecule has 1 N–H and O–H groups in total. The van der Waals surface area contributed by atoms with Gasteiger partial charge in [0.05, 0.1) is 0 Å². The van der Waals surface area contributed by atoms with E-state index in [0.717, 1.165) is 70.2 Å². The molecule has 0 spiro atoms. The number of rotatable bonds is 7. The molecule has 0 bridgehead atoms. The fourth-order valence-corrected chi connectivity index (χ4v) is 2.24. The first-order chi connectivity index (χ1) is 9.28. The van der Waals surface area contributed by atoms with Gasteiger partial charge >= 0.3 is 0 Å². The maximum atomic E-state index is 5.29. The summed E-state index contributed by atoms with van der Waals surface area (Å²) in [6.45, 7) is 6.59. The second-order valence-corrected chi connectivity index (χ2v) is 5.21. The van der Waals surface area contributed by atoms with Crippen LogP contribution < -0.4 is 5.32 Å². The lowest BCUT2D eigenvalue weighted by atomic mass is 10.3. The predicted octanol–water partition coefficient (Wildman–Crippen LogP) is 0.0115. The number of hydrogen-bond donors (Lipinski definition) is 1. The lowest BCUT2D eigenvalue weighted by molar-refractivity contribution is 0.152. The Morgan fingerprint density at radius 2 is 2.00 bits per heavy atom. The van der Waals surface area contributed by atoms with E-state index < -0.39 is 0 Å². The second-order valence-electron chi connectivity index (χ2n) is 5.21. The summed E-state index contributed by atoms with van der Waals surface area (Å²) in [7, 11) is 4.13. The zero-order valence-corrected chi connectivity index (χ0v) is 12.1. The Morgan fingerprint density at radius 3 is 2.74 bits per heavy atom. The molecule has 0 aliphatic carbocycles. The molecule has 0 aromatic carbocycles. The Kier molecular flexibility index (Phi) is 5.75. The standard InChI is InChI=1S/C13H25N5O/c1-14-6-3-4-12-15-13(19-16-12)5-7-18-10-8-17(2)9-11-18/h14H,3-11H2,1-2H3. The van der Waals surface area contributed by atoms with Gasteiger partial charge in [-0.05, 0) is 27.1 Å². The summed E-state index contributed by atoms with van der Waals surface area (Å²) in [6, 6.07) is 0. The summed E-state index contributed by atoms with van der Waals surface area (Å²) in [4.78, 5) is 9.27. The van der Waals surface area contributed by atoms with Gasteiger partial charge in [0.2, 0.25) is 5.89 Å². The summed E-state index contributed by atoms with van der Waals surface area (Å²) in [6.07, 6.45) is 2.80. The number of hydrogen-bond acceptors (Lipinski definition) is 6. The third-order valence-electron chi connectivity index (χ3n) is 3.58. The van der Waals surface area contributed by atoms with Crippen LogP contribution in [0.25, 0.3) is 0 Å². The fraction of sp³-hybridized carbons (Fsp3) is 0.846. The van der Waals surface area contributed by atoms with Crippen LogP contribution in [0.5, 0.6) is 0 Å². The van der Waals surface area contributed by atoms with Gasteiger partial charge < -0.3 is 19.6 Å². The van der Waals surface area contributed by atoms with E-state index in [9.17, 15) is 0 Å². The third-order valence-corrected chi connectivity index (χ3v) is 3.58. The maximum absolute atomic E-state index is 5.29. The number of aryl methyl sites for hydroxylation is 1. The molecule has 2 heterocycles. The Hall–Kier alpha value is -0.980. The molecule has 1 aliphatic rings. The normalized spacial score (nSPS) is 18.0. The molecule has 0 radical (unpaired) electrons. The summed E-state index contributed by atoms with van der Waals surface area (Å²) >= 11 is 0. The lowest BCUT2D eigenvalue weighted by Crippen LogP contribution is -2.45. The van der Waals surface area contributed by atoms with Crippen molar-refractivity contribution in [2.45, 2.75) is 19.3 Å². The molecule has 108 valence electrons. The van der Waals surface area contributed by atoms with Crippen LogP contribution >= 0.6 is 0 Å². The van der Waals surface area contributed by atoms with Crippen molar-refractivity contribution in [3.05, 3.63) is 11.7 Å². The van der Waals surface area contributed by atoms with Crippen molar-refractivity contribution < 1.29 is 4.52 Å². The van der Waals surface area contributed by atoms with E-state index in [1.807, 2.05) is 7.05 Å². The molecule has 0 atom stereocenters. The largest absolute Gasteiger partial charge is 0.339 e. The van der Waals surface area contributed by atoms with Gasteiger partial charge in [-0.15, -0.1) is 0 Å². The van der Waals surface area contributed by atoms with Gasteiger partial charge in [0.15, 0.2) is 5.82 Å². The molecule has 1 saturated heterocycles. The van der Waals surface area contributed by atoms with Crippen LogP contribution in [0.2, 0.25) is 0 Å². The van der Waals surface area contributed by atoms with E-state index >= 15 is 0 Å². The first kappa shape index (κ1) is 14.4. The molecule has 6 nitrogen and oxygen atoms in total. The molecule has 2 rings (SSSR count). The minimum atomic E-state index is 0.776. The van der Waals surface area contributed by atoms with Gasteiger partial charge in [-0.2, -0.15) is 4.98 Å². The van der Waals surface area contributed by atoms with Crippen LogP contribution in [-0.2, 0) is 12.8 Å². The Bertz CT molecular complexity index is 360. The Labute approximate surface area is 115 Å². The molecule has 0 saturated carbocycles. The molecule has 0 unspecified atom stereocenters. The highest BCUT2D eigenvalue weighted by molar-refractivity contribution is 4.87. The number of piperazine rings is 1. The van der Waals surface area contributed by atoms with E-state index in [1.54, 1.807) is 0 Å². The van der Waals surface area contributed by atoms with E-state index in [4.69, 9.17) is 4.52 Å². The molecular formula is C13H25N5O. The number of nitrogens with zero attached hydrogens (tertiary/aromatic N) is 4. The van der Waals surface area contributed by atoms with Crippen molar-refractivity contribution in [2.75, 3.05) is 53.4 Å². The first-order valence-electron chi connectivity index (χ1n) is 7.15. The van der Waals surface area contributed by atoms with Crippen molar-refractivity contribution in [1.82, 2.24) is 25.3 Å². The highest BCUT2D eigenvalue weighted by Crippen LogP contribution is 2.04. The molecule has 1 aromatic heterocycles. The summed E-state index contributed by atoms with van der Waals surface area (Å²) in [5.74, 6) is 1.61. The van der Waals surface area contributed by atoms with Crippen LogP contribution in [0.1, 0.15) is 18.1 Å². The average molecular weight is 267 g/mol. The van der Waals surface area contributed by atoms with E-state index in [-0.39, 0.29) is 0 Å². The average Bonchev–Trinajstić information content (AvgIpc) is 2.86. The zero-order valence-electron chi connectivity index (χ0n) is 12.1. The van der Waals surface area contributed by atoms with Gasteiger partial charge in [0.25, 0.3) is 0 Å². The quantitative estimate of drug-likeness (QED) is 0.703. The predicted molar refractivity (Wildman–Crippen MR) is 74.2 cm³/mol. The summed E-state index contributed by atoms with van der Waals surface area (Å²) in [5.41, 5.74) is 0. The van der Waals surface area contributed by atoms with E-state index in [0.29, 0.717) is 0 Å². The fourth-order valence-electron chi connectivity index (χ4n) is 2.24. The lowest BCUT2D eigenvalue weighted by Gasteiger charge is -2.31. The van der Waals surface area contributed by atoms with Crippen LogP contribution in [0.3, 0.4) is 0 Å². The Balaban J connectivity index is 1.68. The molecule has 1 aromatic rings. The monoisotopic (exact) mass is 267 g/mol.